The lowest BCUT2D eigenvalue weighted by Crippen LogP contribution is -2.15. The van der Waals surface area contributed by atoms with Gasteiger partial charge >= 0.3 is 0 Å². The van der Waals surface area contributed by atoms with Gasteiger partial charge in [-0.2, -0.15) is 0 Å². The van der Waals surface area contributed by atoms with Crippen molar-refractivity contribution in [2.75, 3.05) is 18.5 Å². The van der Waals surface area contributed by atoms with Gasteiger partial charge in [-0.25, -0.2) is 4.98 Å². The van der Waals surface area contributed by atoms with Crippen LogP contribution in [0.5, 0.6) is 11.5 Å². The Hall–Kier alpha value is -3.27. The summed E-state index contributed by atoms with van der Waals surface area (Å²) in [6.45, 7) is 1.18. The average molecular weight is 328 g/mol. The molecule has 0 saturated heterocycles. The van der Waals surface area contributed by atoms with Gasteiger partial charge in [0.2, 0.25) is 0 Å². The zero-order valence-corrected chi connectivity index (χ0v) is 13.5. The topological polar surface area (TPSA) is 43.4 Å². The monoisotopic (exact) mass is 328 g/mol. The van der Waals surface area contributed by atoms with Gasteiger partial charge in [-0.05, 0) is 24.3 Å². The molecule has 1 aliphatic heterocycles. The lowest BCUT2D eigenvalue weighted by atomic mass is 10.1. The quantitative estimate of drug-likeness (QED) is 0.531. The first kappa shape index (κ1) is 14.1. The number of pyridine rings is 1. The van der Waals surface area contributed by atoms with E-state index in [1.807, 2.05) is 54.6 Å². The summed E-state index contributed by atoms with van der Waals surface area (Å²) in [6, 6.07) is 22.3. The number of rotatable bonds is 2. The third-order valence-electron chi connectivity index (χ3n) is 4.40. The maximum atomic E-state index is 5.70. The Balaban J connectivity index is 1.68. The van der Waals surface area contributed by atoms with Crippen molar-refractivity contribution < 1.29 is 9.47 Å². The van der Waals surface area contributed by atoms with Crippen molar-refractivity contribution in [1.29, 1.82) is 0 Å². The summed E-state index contributed by atoms with van der Waals surface area (Å²) < 4.78 is 11.3. The summed E-state index contributed by atoms with van der Waals surface area (Å²) in [6.07, 6.45) is 0. The molecule has 0 aliphatic carbocycles. The number of aromatic nitrogens is 1. The first-order chi connectivity index (χ1) is 12.4. The van der Waals surface area contributed by atoms with Crippen molar-refractivity contribution in [3.05, 3.63) is 66.7 Å². The number of anilines is 2. The fraction of sp³-hybridized carbons (Fsp3) is 0.0952. The second-order valence-electron chi connectivity index (χ2n) is 6.00. The zero-order chi connectivity index (χ0) is 16.6. The van der Waals surface area contributed by atoms with Crippen LogP contribution in [0, 0.1) is 0 Å². The molecule has 2 heterocycles. The van der Waals surface area contributed by atoms with Crippen LogP contribution in [0.2, 0.25) is 0 Å². The third-order valence-corrected chi connectivity index (χ3v) is 4.40. The molecule has 1 aliphatic rings. The van der Waals surface area contributed by atoms with Crippen molar-refractivity contribution >= 4 is 33.2 Å². The number of hydrogen-bond acceptors (Lipinski definition) is 4. The van der Waals surface area contributed by atoms with Gasteiger partial charge in [0.1, 0.15) is 13.2 Å². The van der Waals surface area contributed by atoms with Crippen molar-refractivity contribution in [1.82, 2.24) is 4.98 Å². The van der Waals surface area contributed by atoms with E-state index in [4.69, 9.17) is 14.5 Å². The van der Waals surface area contributed by atoms with Gasteiger partial charge in [0, 0.05) is 22.5 Å². The van der Waals surface area contributed by atoms with E-state index in [-0.39, 0.29) is 0 Å². The van der Waals surface area contributed by atoms with E-state index in [0.29, 0.717) is 13.2 Å². The largest absolute Gasteiger partial charge is 0.486 e. The molecule has 0 saturated carbocycles. The molecule has 1 N–H and O–H groups in total. The molecule has 4 heteroatoms. The Morgan fingerprint density at radius 2 is 1.36 bits per heavy atom. The molecule has 0 bridgehead atoms. The number of hydrogen-bond donors (Lipinski definition) is 1. The number of nitrogens with zero attached hydrogens (tertiary/aromatic N) is 1. The minimum Gasteiger partial charge on any atom is -0.486 e. The van der Waals surface area contributed by atoms with Crippen LogP contribution in [0.25, 0.3) is 21.8 Å². The third kappa shape index (κ3) is 2.43. The van der Waals surface area contributed by atoms with Gasteiger partial charge in [0.05, 0.1) is 16.7 Å². The van der Waals surface area contributed by atoms with Crippen LogP contribution in [0.4, 0.5) is 11.4 Å². The lowest BCUT2D eigenvalue weighted by molar-refractivity contribution is 0.171. The molecule has 0 fully saturated rings. The predicted octanol–water partition coefficient (Wildman–Crippen LogP) is 4.90. The highest BCUT2D eigenvalue weighted by molar-refractivity contribution is 6.08. The summed E-state index contributed by atoms with van der Waals surface area (Å²) in [5, 5.41) is 5.75. The van der Waals surface area contributed by atoms with Crippen LogP contribution in [0.15, 0.2) is 66.7 Å². The van der Waals surface area contributed by atoms with E-state index in [2.05, 4.69) is 17.4 Å². The van der Waals surface area contributed by atoms with E-state index >= 15 is 0 Å². The van der Waals surface area contributed by atoms with Crippen LogP contribution < -0.4 is 14.8 Å². The summed E-state index contributed by atoms with van der Waals surface area (Å²) in [7, 11) is 0. The minimum atomic E-state index is 0.581. The van der Waals surface area contributed by atoms with Gasteiger partial charge in [0.15, 0.2) is 11.5 Å². The minimum absolute atomic E-state index is 0.581. The molecule has 0 amide bonds. The number of fused-ring (bicyclic) bond motifs is 3. The SMILES string of the molecule is c1ccc2c(Nc3ccc4c(c3)OCCO4)c3ccccc3nc2c1. The molecule has 0 radical (unpaired) electrons. The first-order valence-corrected chi connectivity index (χ1v) is 8.33. The molecule has 5 rings (SSSR count). The van der Waals surface area contributed by atoms with Crippen LogP contribution in [0.1, 0.15) is 0 Å². The van der Waals surface area contributed by atoms with Gasteiger partial charge in [-0.1, -0.05) is 36.4 Å². The van der Waals surface area contributed by atoms with Gasteiger partial charge in [-0.3, -0.25) is 0 Å². The highest BCUT2D eigenvalue weighted by atomic mass is 16.6. The summed E-state index contributed by atoms with van der Waals surface area (Å²) >= 11 is 0. The number of benzene rings is 3. The van der Waals surface area contributed by atoms with Crippen molar-refractivity contribution in [2.45, 2.75) is 0 Å². The average Bonchev–Trinajstić information content (AvgIpc) is 2.68. The van der Waals surface area contributed by atoms with Gasteiger partial charge in [0.25, 0.3) is 0 Å². The highest BCUT2D eigenvalue weighted by Crippen LogP contribution is 2.37. The zero-order valence-electron chi connectivity index (χ0n) is 13.5. The second kappa shape index (κ2) is 5.67. The first-order valence-electron chi connectivity index (χ1n) is 8.33. The van der Waals surface area contributed by atoms with Crippen molar-refractivity contribution in [3.8, 4) is 11.5 Å². The maximum absolute atomic E-state index is 5.70. The van der Waals surface area contributed by atoms with Crippen LogP contribution in [0.3, 0.4) is 0 Å². The van der Waals surface area contributed by atoms with E-state index in [1.165, 1.54) is 0 Å². The second-order valence-corrected chi connectivity index (χ2v) is 6.00. The molecule has 4 nitrogen and oxygen atoms in total. The number of nitrogens with one attached hydrogen (secondary N) is 1. The fourth-order valence-corrected chi connectivity index (χ4v) is 3.24. The highest BCUT2D eigenvalue weighted by Gasteiger charge is 2.13. The molecular formula is C21H16N2O2. The Kier molecular flexibility index (Phi) is 3.20. The van der Waals surface area contributed by atoms with E-state index in [0.717, 1.165) is 44.7 Å². The standard InChI is InChI=1S/C21H16N2O2/c1-3-7-17-15(5-1)21(16-6-2-4-8-18(16)23-17)22-14-9-10-19-20(13-14)25-12-11-24-19/h1-10,13H,11-12H2,(H,22,23). The van der Waals surface area contributed by atoms with Crippen molar-refractivity contribution in [2.24, 2.45) is 0 Å². The van der Waals surface area contributed by atoms with Gasteiger partial charge < -0.3 is 14.8 Å². The number of ether oxygens (including phenoxy) is 2. The normalized spacial score (nSPS) is 13.1. The van der Waals surface area contributed by atoms with E-state index in [1.54, 1.807) is 0 Å². The molecule has 25 heavy (non-hydrogen) atoms. The summed E-state index contributed by atoms with van der Waals surface area (Å²) in [5.41, 5.74) is 3.96. The summed E-state index contributed by atoms with van der Waals surface area (Å²) in [5.74, 6) is 1.57. The van der Waals surface area contributed by atoms with E-state index in [9.17, 15) is 0 Å². The van der Waals surface area contributed by atoms with Gasteiger partial charge in [-0.15, -0.1) is 0 Å². The van der Waals surface area contributed by atoms with Crippen LogP contribution >= 0.6 is 0 Å². The van der Waals surface area contributed by atoms with E-state index < -0.39 is 0 Å². The molecule has 0 unspecified atom stereocenters. The Bertz CT molecular complexity index is 1040. The molecule has 4 aromatic rings. The fourth-order valence-electron chi connectivity index (χ4n) is 3.24. The lowest BCUT2D eigenvalue weighted by Gasteiger charge is -2.20. The molecular weight excluding hydrogens is 312 g/mol. The Labute approximate surface area is 145 Å². The van der Waals surface area contributed by atoms with Crippen LogP contribution in [-0.2, 0) is 0 Å². The molecule has 1 aromatic heterocycles. The Morgan fingerprint density at radius 3 is 2.08 bits per heavy atom. The molecule has 0 spiro atoms. The number of para-hydroxylation sites is 2. The van der Waals surface area contributed by atoms with Crippen LogP contribution in [-0.4, -0.2) is 18.2 Å². The summed E-state index contributed by atoms with van der Waals surface area (Å²) in [4.78, 5) is 4.77. The molecule has 0 atom stereocenters. The smallest absolute Gasteiger partial charge is 0.163 e. The maximum Gasteiger partial charge on any atom is 0.163 e. The van der Waals surface area contributed by atoms with Crippen molar-refractivity contribution in [3.63, 3.8) is 0 Å². The Morgan fingerprint density at radius 1 is 0.720 bits per heavy atom. The molecule has 3 aromatic carbocycles. The molecule has 122 valence electrons. The predicted molar refractivity (Wildman–Crippen MR) is 100.0 cm³/mol.